The number of amides is 1. The van der Waals surface area contributed by atoms with Gasteiger partial charge in [-0.2, -0.15) is 0 Å². The molecule has 1 saturated heterocycles. The lowest BCUT2D eigenvalue weighted by molar-refractivity contribution is 0.0751. The molecular formula is C13H17NOS. The predicted octanol–water partition coefficient (Wildman–Crippen LogP) is 3.38. The Bertz CT molecular complexity index is 367. The molecule has 0 saturated carbocycles. The maximum Gasteiger partial charge on any atom is 0.281 e. The number of hydrogen-bond donors (Lipinski definition) is 0. The molecule has 0 unspecified atom stereocenters. The van der Waals surface area contributed by atoms with Crippen molar-refractivity contribution in [2.45, 2.75) is 19.6 Å². The van der Waals surface area contributed by atoms with Crippen LogP contribution in [-0.4, -0.2) is 23.2 Å². The van der Waals surface area contributed by atoms with Crippen LogP contribution in [0.1, 0.15) is 19.4 Å². The molecule has 3 heteroatoms. The molecule has 1 heterocycles. The lowest BCUT2D eigenvalue weighted by Gasteiger charge is -2.45. The number of thioether (sulfide) groups is 1. The van der Waals surface area contributed by atoms with Gasteiger partial charge in [0.15, 0.2) is 0 Å². The summed E-state index contributed by atoms with van der Waals surface area (Å²) in [6.45, 7) is 6.18. The van der Waals surface area contributed by atoms with Gasteiger partial charge < -0.3 is 4.90 Å². The summed E-state index contributed by atoms with van der Waals surface area (Å²) in [6, 6.07) is 10.1. The highest BCUT2D eigenvalue weighted by Crippen LogP contribution is 2.31. The molecule has 16 heavy (non-hydrogen) atoms. The third-order valence-corrected chi connectivity index (χ3v) is 3.68. The molecule has 0 aliphatic carbocycles. The quantitative estimate of drug-likeness (QED) is 0.783. The van der Waals surface area contributed by atoms with Gasteiger partial charge in [-0.1, -0.05) is 55.9 Å². The Balaban J connectivity index is 1.77. The molecule has 1 amide bonds. The summed E-state index contributed by atoms with van der Waals surface area (Å²) in [5.41, 5.74) is 1.53. The van der Waals surface area contributed by atoms with Crippen LogP contribution in [0.3, 0.4) is 0 Å². The number of rotatable bonds is 2. The molecule has 2 rings (SSSR count). The second-order valence-electron chi connectivity index (χ2n) is 5.06. The lowest BCUT2D eigenvalue weighted by atomic mass is 9.85. The van der Waals surface area contributed by atoms with Crippen LogP contribution in [0.5, 0.6) is 0 Å². The first-order chi connectivity index (χ1) is 7.57. The Kier molecular flexibility index (Phi) is 3.24. The predicted molar refractivity (Wildman–Crippen MR) is 68.5 cm³/mol. The van der Waals surface area contributed by atoms with Crippen molar-refractivity contribution in [1.82, 2.24) is 4.90 Å². The average molecular weight is 235 g/mol. The van der Waals surface area contributed by atoms with Gasteiger partial charge >= 0.3 is 0 Å². The van der Waals surface area contributed by atoms with E-state index >= 15 is 0 Å². The summed E-state index contributed by atoms with van der Waals surface area (Å²) < 4.78 is 0. The van der Waals surface area contributed by atoms with Gasteiger partial charge in [0.25, 0.3) is 5.24 Å². The first-order valence-electron chi connectivity index (χ1n) is 5.52. The molecular weight excluding hydrogens is 218 g/mol. The minimum absolute atomic E-state index is 0.211. The Morgan fingerprint density at radius 2 is 1.94 bits per heavy atom. The number of likely N-dealkylation sites (tertiary alicyclic amines) is 1. The fourth-order valence-corrected chi connectivity index (χ4v) is 2.72. The minimum Gasteiger partial charge on any atom is -0.332 e. The van der Waals surface area contributed by atoms with Crippen molar-refractivity contribution in [2.75, 3.05) is 13.1 Å². The molecule has 2 nitrogen and oxygen atoms in total. The van der Waals surface area contributed by atoms with Crippen LogP contribution in [0, 0.1) is 5.41 Å². The van der Waals surface area contributed by atoms with Crippen LogP contribution in [0.25, 0.3) is 0 Å². The van der Waals surface area contributed by atoms with Crippen molar-refractivity contribution >= 4 is 17.0 Å². The van der Waals surface area contributed by atoms with E-state index < -0.39 is 0 Å². The van der Waals surface area contributed by atoms with Gasteiger partial charge in [0.05, 0.1) is 0 Å². The fourth-order valence-electron chi connectivity index (χ4n) is 1.93. The number of nitrogens with zero attached hydrogens (tertiary/aromatic N) is 1. The van der Waals surface area contributed by atoms with Crippen LogP contribution in [0.15, 0.2) is 30.3 Å². The summed E-state index contributed by atoms with van der Waals surface area (Å²) in [5, 5.41) is 0.211. The Hall–Kier alpha value is -0.960. The zero-order valence-corrected chi connectivity index (χ0v) is 10.6. The highest BCUT2D eigenvalue weighted by Gasteiger charge is 2.36. The maximum absolute atomic E-state index is 11.8. The monoisotopic (exact) mass is 235 g/mol. The summed E-state index contributed by atoms with van der Waals surface area (Å²) in [6.07, 6.45) is 0. The molecule has 1 aromatic carbocycles. The van der Waals surface area contributed by atoms with Gasteiger partial charge in [0, 0.05) is 18.8 Å². The first kappa shape index (κ1) is 11.5. The Morgan fingerprint density at radius 1 is 1.31 bits per heavy atom. The highest BCUT2D eigenvalue weighted by atomic mass is 32.2. The number of hydrogen-bond acceptors (Lipinski definition) is 2. The molecule has 0 radical (unpaired) electrons. The van der Waals surface area contributed by atoms with E-state index in [2.05, 4.69) is 26.0 Å². The molecule has 0 bridgehead atoms. The third-order valence-electron chi connectivity index (χ3n) is 2.70. The second kappa shape index (κ2) is 4.50. The van der Waals surface area contributed by atoms with Crippen molar-refractivity contribution in [2.24, 2.45) is 5.41 Å². The van der Waals surface area contributed by atoms with Crippen LogP contribution in [-0.2, 0) is 5.75 Å². The Labute approximate surface area is 101 Å². The van der Waals surface area contributed by atoms with E-state index in [1.165, 1.54) is 17.3 Å². The normalized spacial score (nSPS) is 18.0. The van der Waals surface area contributed by atoms with Gasteiger partial charge in [-0.25, -0.2) is 0 Å². The smallest absolute Gasteiger partial charge is 0.281 e. The fraction of sp³-hybridized carbons (Fsp3) is 0.462. The maximum atomic E-state index is 11.8. The van der Waals surface area contributed by atoms with E-state index in [0.717, 1.165) is 18.8 Å². The molecule has 1 aliphatic rings. The van der Waals surface area contributed by atoms with Crippen LogP contribution >= 0.6 is 11.8 Å². The standard InChI is InChI=1S/C13H17NOS/c1-13(2)9-14(10-13)12(15)16-8-11-6-4-3-5-7-11/h3-7H,8-10H2,1-2H3. The van der Waals surface area contributed by atoms with E-state index in [-0.39, 0.29) is 5.24 Å². The number of carbonyl (C=O) groups is 1. The molecule has 0 aromatic heterocycles. The van der Waals surface area contributed by atoms with Crippen molar-refractivity contribution < 1.29 is 4.79 Å². The Morgan fingerprint density at radius 3 is 2.50 bits per heavy atom. The molecule has 0 spiro atoms. The summed E-state index contributed by atoms with van der Waals surface area (Å²) in [7, 11) is 0. The van der Waals surface area contributed by atoms with Gasteiger partial charge in [0.2, 0.25) is 0 Å². The van der Waals surface area contributed by atoms with Crippen LogP contribution in [0.2, 0.25) is 0 Å². The first-order valence-corrected chi connectivity index (χ1v) is 6.51. The topological polar surface area (TPSA) is 20.3 Å². The molecule has 0 atom stereocenters. The highest BCUT2D eigenvalue weighted by molar-refractivity contribution is 8.12. The largest absolute Gasteiger partial charge is 0.332 e. The van der Waals surface area contributed by atoms with E-state index in [1.54, 1.807) is 0 Å². The zero-order valence-electron chi connectivity index (χ0n) is 9.77. The van der Waals surface area contributed by atoms with Crippen molar-refractivity contribution in [1.29, 1.82) is 0 Å². The number of carbonyl (C=O) groups excluding carboxylic acids is 1. The van der Waals surface area contributed by atoms with Crippen LogP contribution in [0.4, 0.5) is 4.79 Å². The molecule has 86 valence electrons. The van der Waals surface area contributed by atoms with Gasteiger partial charge in [-0.15, -0.1) is 0 Å². The van der Waals surface area contributed by atoms with Gasteiger partial charge in [-0.05, 0) is 11.0 Å². The van der Waals surface area contributed by atoms with Crippen molar-refractivity contribution in [3.05, 3.63) is 35.9 Å². The van der Waals surface area contributed by atoms with E-state index in [1.807, 2.05) is 23.1 Å². The lowest BCUT2D eigenvalue weighted by Crippen LogP contribution is -2.54. The summed E-state index contributed by atoms with van der Waals surface area (Å²) in [5.74, 6) is 0.774. The minimum atomic E-state index is 0.211. The van der Waals surface area contributed by atoms with E-state index in [4.69, 9.17) is 0 Å². The van der Waals surface area contributed by atoms with Crippen molar-refractivity contribution in [3.63, 3.8) is 0 Å². The molecule has 1 aromatic rings. The van der Waals surface area contributed by atoms with Crippen molar-refractivity contribution in [3.8, 4) is 0 Å². The van der Waals surface area contributed by atoms with Gasteiger partial charge in [0.1, 0.15) is 0 Å². The average Bonchev–Trinajstić information content (AvgIpc) is 2.24. The molecule has 0 N–H and O–H groups in total. The van der Waals surface area contributed by atoms with E-state index in [9.17, 15) is 4.79 Å². The second-order valence-corrected chi connectivity index (χ2v) is 5.99. The summed E-state index contributed by atoms with van der Waals surface area (Å²) in [4.78, 5) is 13.7. The van der Waals surface area contributed by atoms with Crippen LogP contribution < -0.4 is 0 Å². The number of benzene rings is 1. The molecule has 1 aliphatic heterocycles. The third kappa shape index (κ3) is 2.79. The van der Waals surface area contributed by atoms with E-state index in [0.29, 0.717) is 5.41 Å². The zero-order chi connectivity index (χ0) is 11.6. The SMILES string of the molecule is CC1(C)CN(C(=O)SCc2ccccc2)C1. The summed E-state index contributed by atoms with van der Waals surface area (Å²) >= 11 is 1.40. The molecule has 1 fully saturated rings. The van der Waals surface area contributed by atoms with Gasteiger partial charge in [-0.3, -0.25) is 4.79 Å².